The molecule has 8 nitrogen and oxygen atoms in total. The van der Waals surface area contributed by atoms with E-state index in [0.29, 0.717) is 0 Å². The summed E-state index contributed by atoms with van der Waals surface area (Å²) in [4.78, 5) is 10.7. The van der Waals surface area contributed by atoms with Crippen molar-refractivity contribution < 1.29 is 32.9 Å². The van der Waals surface area contributed by atoms with Crippen molar-refractivity contribution in [2.24, 2.45) is 0 Å². The number of carboxylic acids is 1. The zero-order valence-corrected chi connectivity index (χ0v) is 12.4. The summed E-state index contributed by atoms with van der Waals surface area (Å²) in [6.07, 6.45) is -0.249. The van der Waals surface area contributed by atoms with Crippen molar-refractivity contribution in [1.82, 2.24) is 4.72 Å². The molecule has 1 rings (SSSR count). The maximum atomic E-state index is 12.3. The highest BCUT2D eigenvalue weighted by molar-refractivity contribution is 7.89. The summed E-state index contributed by atoms with van der Waals surface area (Å²) in [5.41, 5.74) is 0. The van der Waals surface area contributed by atoms with Crippen LogP contribution in [0.25, 0.3) is 0 Å². The summed E-state index contributed by atoms with van der Waals surface area (Å²) in [5.74, 6) is -1.05. The first-order valence-corrected chi connectivity index (χ1v) is 7.42. The number of sulfonamides is 1. The highest BCUT2D eigenvalue weighted by atomic mass is 32.2. The Morgan fingerprint density at radius 2 is 2.00 bits per heavy atom. The Morgan fingerprint density at radius 3 is 2.48 bits per heavy atom. The summed E-state index contributed by atoms with van der Waals surface area (Å²) < 4.78 is 36.5. The molecular formula is C12H17NO7S. The zero-order valence-electron chi connectivity index (χ0n) is 11.6. The Hall–Kier alpha value is -1.84. The molecule has 0 heterocycles. The van der Waals surface area contributed by atoms with Gasteiger partial charge in [0.15, 0.2) is 0 Å². The molecule has 0 saturated carbocycles. The number of aliphatic hydroxyl groups is 1. The van der Waals surface area contributed by atoms with Crippen LogP contribution in [-0.2, 0) is 14.8 Å². The predicted molar refractivity (Wildman–Crippen MR) is 73.0 cm³/mol. The van der Waals surface area contributed by atoms with Crippen molar-refractivity contribution in [2.45, 2.75) is 17.4 Å². The molecule has 118 valence electrons. The van der Waals surface area contributed by atoms with Gasteiger partial charge in [0, 0.05) is 12.7 Å². The summed E-state index contributed by atoms with van der Waals surface area (Å²) >= 11 is 0. The summed E-state index contributed by atoms with van der Waals surface area (Å²) in [6.45, 7) is -0.464. The van der Waals surface area contributed by atoms with Crippen LogP contribution in [0.5, 0.6) is 11.5 Å². The molecule has 21 heavy (non-hydrogen) atoms. The van der Waals surface area contributed by atoms with Gasteiger partial charge in [0.25, 0.3) is 0 Å². The second-order valence-corrected chi connectivity index (χ2v) is 5.72. The molecule has 0 aliphatic rings. The number of benzene rings is 1. The van der Waals surface area contributed by atoms with Crippen LogP contribution >= 0.6 is 0 Å². The van der Waals surface area contributed by atoms with Gasteiger partial charge in [-0.25, -0.2) is 8.42 Å². The van der Waals surface area contributed by atoms with Crippen LogP contribution in [0, 0.1) is 0 Å². The fraction of sp³-hybridized carbons (Fsp3) is 0.417. The van der Waals surface area contributed by atoms with E-state index in [9.17, 15) is 13.2 Å². The van der Waals surface area contributed by atoms with Crippen molar-refractivity contribution in [2.75, 3.05) is 20.8 Å². The molecule has 0 amide bonds. The molecule has 1 atom stereocenters. The number of hydrogen-bond acceptors (Lipinski definition) is 6. The van der Waals surface area contributed by atoms with E-state index in [1.807, 2.05) is 4.72 Å². The second-order valence-electron chi connectivity index (χ2n) is 4.04. The third-order valence-corrected chi connectivity index (χ3v) is 4.17. The molecule has 0 unspecified atom stereocenters. The van der Waals surface area contributed by atoms with Crippen molar-refractivity contribution in [1.29, 1.82) is 0 Å². The van der Waals surface area contributed by atoms with Crippen molar-refractivity contribution in [3.05, 3.63) is 18.2 Å². The van der Waals surface area contributed by atoms with Crippen LogP contribution in [0.1, 0.15) is 6.42 Å². The lowest BCUT2D eigenvalue weighted by Crippen LogP contribution is -2.41. The molecule has 0 bridgehead atoms. The maximum Gasteiger partial charge on any atom is 0.321 e. The quantitative estimate of drug-likeness (QED) is 0.607. The first-order valence-electron chi connectivity index (χ1n) is 5.93. The number of nitrogens with one attached hydrogen (secondary N) is 1. The van der Waals surface area contributed by atoms with Gasteiger partial charge in [0.2, 0.25) is 10.0 Å². The topological polar surface area (TPSA) is 122 Å². The predicted octanol–water partition coefficient (Wildman–Crippen LogP) is -0.182. The molecule has 0 saturated heterocycles. The maximum absolute atomic E-state index is 12.3. The number of aliphatic carboxylic acids is 1. The van der Waals surface area contributed by atoms with E-state index in [1.54, 1.807) is 0 Å². The van der Waals surface area contributed by atoms with E-state index >= 15 is 0 Å². The van der Waals surface area contributed by atoms with Crippen molar-refractivity contribution in [3.8, 4) is 11.5 Å². The van der Waals surface area contributed by atoms with E-state index in [4.69, 9.17) is 19.7 Å². The van der Waals surface area contributed by atoms with Gasteiger partial charge >= 0.3 is 5.97 Å². The number of hydrogen-bond donors (Lipinski definition) is 3. The number of carbonyl (C=O) groups is 1. The van der Waals surface area contributed by atoms with E-state index in [2.05, 4.69) is 0 Å². The third-order valence-electron chi connectivity index (χ3n) is 2.67. The largest absolute Gasteiger partial charge is 0.497 e. The monoisotopic (exact) mass is 319 g/mol. The van der Waals surface area contributed by atoms with Gasteiger partial charge in [-0.05, 0) is 18.6 Å². The lowest BCUT2D eigenvalue weighted by Gasteiger charge is -2.16. The Bertz CT molecular complexity index is 600. The van der Waals surface area contributed by atoms with Crippen LogP contribution in [0.3, 0.4) is 0 Å². The van der Waals surface area contributed by atoms with Crippen LogP contribution < -0.4 is 14.2 Å². The highest BCUT2D eigenvalue weighted by Crippen LogP contribution is 2.28. The molecule has 1 aromatic carbocycles. The number of carboxylic acid groups (broad SMARTS) is 1. The summed E-state index contributed by atoms with van der Waals surface area (Å²) in [7, 11) is -1.48. The van der Waals surface area contributed by atoms with Crippen LogP contribution in [0.15, 0.2) is 23.1 Å². The average molecular weight is 319 g/mol. The SMILES string of the molecule is COc1ccc(OC)c(S(=O)(=O)N[C@H](CCO)C(=O)O)c1. The van der Waals surface area contributed by atoms with Crippen molar-refractivity contribution in [3.63, 3.8) is 0 Å². The third kappa shape index (κ3) is 4.31. The van der Waals surface area contributed by atoms with Gasteiger partial charge in [-0.2, -0.15) is 4.72 Å². The molecule has 0 radical (unpaired) electrons. The minimum atomic E-state index is -4.15. The molecule has 0 spiro atoms. The molecule has 0 aliphatic heterocycles. The van der Waals surface area contributed by atoms with Crippen molar-refractivity contribution >= 4 is 16.0 Å². The van der Waals surface area contributed by atoms with Gasteiger partial charge in [-0.1, -0.05) is 0 Å². The smallest absolute Gasteiger partial charge is 0.321 e. The second kappa shape index (κ2) is 7.25. The fourth-order valence-electron chi connectivity index (χ4n) is 1.61. The molecule has 3 N–H and O–H groups in total. The van der Waals surface area contributed by atoms with Gasteiger partial charge in [-0.15, -0.1) is 0 Å². The van der Waals surface area contributed by atoms with E-state index < -0.39 is 28.6 Å². The van der Waals surface area contributed by atoms with Crippen LogP contribution in [0.4, 0.5) is 0 Å². The standard InChI is InChI=1S/C12H17NO7S/c1-19-8-3-4-10(20-2)11(7-8)21(17,18)13-9(5-6-14)12(15)16/h3-4,7,9,13-14H,5-6H2,1-2H3,(H,15,16)/t9-/m1/s1. The molecule has 1 aromatic rings. The van der Waals surface area contributed by atoms with E-state index in [1.165, 1.54) is 32.4 Å². The van der Waals surface area contributed by atoms with E-state index in [0.717, 1.165) is 0 Å². The number of ether oxygens (including phenoxy) is 2. The first-order chi connectivity index (χ1) is 9.85. The minimum Gasteiger partial charge on any atom is -0.497 e. The van der Waals surface area contributed by atoms with Crippen LogP contribution in [0.2, 0.25) is 0 Å². The number of rotatable bonds is 8. The van der Waals surface area contributed by atoms with Gasteiger partial charge in [-0.3, -0.25) is 4.79 Å². The highest BCUT2D eigenvalue weighted by Gasteiger charge is 2.27. The van der Waals surface area contributed by atoms with Crippen LogP contribution in [-0.4, -0.2) is 51.5 Å². The molecular weight excluding hydrogens is 302 g/mol. The Kier molecular flexibility index (Phi) is 5.94. The molecule has 0 fully saturated rings. The van der Waals surface area contributed by atoms with Gasteiger partial charge in [0.05, 0.1) is 14.2 Å². The van der Waals surface area contributed by atoms with Gasteiger partial charge in [0.1, 0.15) is 22.4 Å². The lowest BCUT2D eigenvalue weighted by atomic mass is 10.2. The fourth-order valence-corrected chi connectivity index (χ4v) is 3.01. The first kappa shape index (κ1) is 17.2. The number of aliphatic hydroxyl groups excluding tert-OH is 1. The minimum absolute atomic E-state index is 0.0523. The molecule has 0 aliphatic carbocycles. The lowest BCUT2D eigenvalue weighted by molar-refractivity contribution is -0.139. The summed E-state index contributed by atoms with van der Waals surface area (Å²) in [5, 5.41) is 17.7. The van der Waals surface area contributed by atoms with E-state index in [-0.39, 0.29) is 22.8 Å². The molecule has 0 aromatic heterocycles. The zero-order chi connectivity index (χ0) is 16.0. The Balaban J connectivity index is 3.20. The molecule has 9 heteroatoms. The average Bonchev–Trinajstić information content (AvgIpc) is 2.45. The number of methoxy groups -OCH3 is 2. The Morgan fingerprint density at radius 1 is 1.33 bits per heavy atom. The normalized spacial score (nSPS) is 12.7. The van der Waals surface area contributed by atoms with Gasteiger partial charge < -0.3 is 19.7 Å². The summed E-state index contributed by atoms with van der Waals surface area (Å²) in [6, 6.07) is 2.70. The Labute approximate surface area is 122 Å².